The predicted molar refractivity (Wildman–Crippen MR) is 160 cm³/mol. The number of hydrogen-bond acceptors (Lipinski definition) is 2. The van der Waals surface area contributed by atoms with Crippen molar-refractivity contribution in [2.75, 3.05) is 13.2 Å². The molecule has 2 nitrogen and oxygen atoms in total. The number of ether oxygens (including phenoxy) is 2. The van der Waals surface area contributed by atoms with Gasteiger partial charge in [0.15, 0.2) is 11.6 Å². The van der Waals surface area contributed by atoms with Crippen LogP contribution in [0.4, 0.5) is 8.78 Å². The molecule has 3 fully saturated rings. The number of hydrogen-bond donors (Lipinski definition) is 0. The summed E-state index contributed by atoms with van der Waals surface area (Å²) in [6, 6.07) is 11.3. The third kappa shape index (κ3) is 6.98. The van der Waals surface area contributed by atoms with Crippen molar-refractivity contribution in [2.45, 2.75) is 103 Å². The Balaban J connectivity index is 1.07. The number of benzene rings is 2. The average molecular weight is 551 g/mol. The van der Waals surface area contributed by atoms with Crippen LogP contribution < -0.4 is 4.74 Å². The van der Waals surface area contributed by atoms with Crippen molar-refractivity contribution in [3.63, 3.8) is 0 Å². The minimum absolute atomic E-state index is 0.0297. The second kappa shape index (κ2) is 14.1. The fourth-order valence-corrected chi connectivity index (χ4v) is 7.84. The summed E-state index contributed by atoms with van der Waals surface area (Å²) in [5, 5.41) is 0. The Hall–Kier alpha value is -2.20. The van der Waals surface area contributed by atoms with Crippen molar-refractivity contribution >= 4 is 0 Å². The van der Waals surface area contributed by atoms with Gasteiger partial charge in [-0.2, -0.15) is 4.39 Å². The first-order chi connectivity index (χ1) is 19.6. The molecule has 5 rings (SSSR count). The molecule has 1 aliphatic heterocycles. The Morgan fingerprint density at radius 1 is 0.775 bits per heavy atom. The van der Waals surface area contributed by atoms with Crippen LogP contribution in [0.1, 0.15) is 102 Å². The topological polar surface area (TPSA) is 18.5 Å². The largest absolute Gasteiger partial charge is 0.491 e. The summed E-state index contributed by atoms with van der Waals surface area (Å²) in [6.45, 7) is 5.15. The van der Waals surface area contributed by atoms with Gasteiger partial charge < -0.3 is 9.47 Å². The molecule has 40 heavy (non-hydrogen) atoms. The highest BCUT2D eigenvalue weighted by Gasteiger charge is 2.35. The Morgan fingerprint density at radius 2 is 1.40 bits per heavy atom. The first kappa shape index (κ1) is 29.3. The molecule has 3 aliphatic rings. The van der Waals surface area contributed by atoms with E-state index < -0.39 is 11.6 Å². The van der Waals surface area contributed by atoms with Crippen LogP contribution in [-0.2, 0) is 4.74 Å². The molecule has 2 saturated carbocycles. The minimum atomic E-state index is -0.910. The van der Waals surface area contributed by atoms with Crippen molar-refractivity contribution in [1.82, 2.24) is 0 Å². The van der Waals surface area contributed by atoms with Gasteiger partial charge in [0.2, 0.25) is 5.82 Å². The van der Waals surface area contributed by atoms with Crippen LogP contribution in [0.5, 0.6) is 5.75 Å². The molecule has 0 spiro atoms. The highest BCUT2D eigenvalue weighted by Crippen LogP contribution is 2.46. The van der Waals surface area contributed by atoms with E-state index in [0.717, 1.165) is 36.7 Å². The van der Waals surface area contributed by atoms with Gasteiger partial charge in [-0.05, 0) is 144 Å². The van der Waals surface area contributed by atoms with Crippen LogP contribution in [0.25, 0.3) is 11.1 Å². The van der Waals surface area contributed by atoms with Crippen LogP contribution in [0.3, 0.4) is 0 Å². The molecule has 2 aromatic carbocycles. The van der Waals surface area contributed by atoms with Gasteiger partial charge in [0.1, 0.15) is 0 Å². The molecule has 1 saturated heterocycles. The smallest absolute Gasteiger partial charge is 0.201 e. The lowest BCUT2D eigenvalue weighted by Crippen LogP contribution is -2.33. The summed E-state index contributed by atoms with van der Waals surface area (Å²) in [5.74, 6) is 2.22. The summed E-state index contributed by atoms with van der Waals surface area (Å²) >= 11 is 0. The molecule has 0 bridgehead atoms. The summed E-state index contributed by atoms with van der Waals surface area (Å²) in [5.41, 5.74) is 2.33. The lowest BCUT2D eigenvalue weighted by molar-refractivity contribution is -0.0430. The van der Waals surface area contributed by atoms with Crippen LogP contribution in [0, 0.1) is 35.3 Å². The van der Waals surface area contributed by atoms with Crippen LogP contribution in [0.15, 0.2) is 48.6 Å². The maximum Gasteiger partial charge on any atom is 0.201 e. The zero-order valence-electron chi connectivity index (χ0n) is 24.6. The SMILES string of the molecule is C/C=C/CCC1CCC(C2CCC(C3CCC(c4ccc(-c5ccc(OCC)c(F)c5F)cc4)CC3)CC2)CO1. The van der Waals surface area contributed by atoms with E-state index in [1.165, 1.54) is 82.3 Å². The Bertz CT molecular complexity index is 1090. The summed E-state index contributed by atoms with van der Waals surface area (Å²) in [4.78, 5) is 0. The lowest BCUT2D eigenvalue weighted by Gasteiger charge is -2.41. The van der Waals surface area contributed by atoms with Crippen molar-refractivity contribution < 1.29 is 18.3 Å². The lowest BCUT2D eigenvalue weighted by atomic mass is 9.66. The van der Waals surface area contributed by atoms with Gasteiger partial charge in [-0.15, -0.1) is 0 Å². The maximum atomic E-state index is 14.7. The van der Waals surface area contributed by atoms with E-state index in [-0.39, 0.29) is 11.3 Å². The first-order valence-electron chi connectivity index (χ1n) is 16.0. The summed E-state index contributed by atoms with van der Waals surface area (Å²) in [6.07, 6.45) is 20.5. The second-order valence-electron chi connectivity index (χ2n) is 12.5. The van der Waals surface area contributed by atoms with Gasteiger partial charge in [-0.1, -0.05) is 36.4 Å². The van der Waals surface area contributed by atoms with E-state index >= 15 is 0 Å². The zero-order valence-corrected chi connectivity index (χ0v) is 24.6. The molecule has 2 aromatic rings. The Morgan fingerprint density at radius 3 is 2.00 bits per heavy atom. The molecule has 4 heteroatoms. The van der Waals surface area contributed by atoms with E-state index in [9.17, 15) is 8.78 Å². The van der Waals surface area contributed by atoms with Crippen LogP contribution in [-0.4, -0.2) is 19.3 Å². The van der Waals surface area contributed by atoms with E-state index in [2.05, 4.69) is 31.2 Å². The monoisotopic (exact) mass is 550 g/mol. The molecule has 2 aliphatic carbocycles. The third-order valence-corrected chi connectivity index (χ3v) is 10.3. The molecule has 218 valence electrons. The number of rotatable bonds is 9. The van der Waals surface area contributed by atoms with Crippen molar-refractivity contribution in [3.8, 4) is 16.9 Å². The van der Waals surface area contributed by atoms with Gasteiger partial charge in [0, 0.05) is 5.56 Å². The summed E-state index contributed by atoms with van der Waals surface area (Å²) in [7, 11) is 0. The molecule has 1 heterocycles. The van der Waals surface area contributed by atoms with Crippen molar-refractivity contribution in [2.24, 2.45) is 23.7 Å². The predicted octanol–water partition coefficient (Wildman–Crippen LogP) is 10.3. The molecule has 0 amide bonds. The molecule has 0 N–H and O–H groups in total. The Labute approximate surface area is 240 Å². The molecule has 2 atom stereocenters. The van der Waals surface area contributed by atoms with Gasteiger partial charge >= 0.3 is 0 Å². The molecule has 0 radical (unpaired) electrons. The minimum Gasteiger partial charge on any atom is -0.491 e. The van der Waals surface area contributed by atoms with Gasteiger partial charge in [-0.3, -0.25) is 0 Å². The Kier molecular flexibility index (Phi) is 10.3. The first-order valence-corrected chi connectivity index (χ1v) is 16.0. The van der Waals surface area contributed by atoms with Crippen molar-refractivity contribution in [1.29, 1.82) is 0 Å². The normalized spacial score (nSPS) is 29.5. The van der Waals surface area contributed by atoms with Gasteiger partial charge in [0.25, 0.3) is 0 Å². The van der Waals surface area contributed by atoms with Crippen LogP contribution >= 0.6 is 0 Å². The average Bonchev–Trinajstić information content (AvgIpc) is 3.01. The van der Waals surface area contributed by atoms with E-state index in [1.54, 1.807) is 13.0 Å². The fourth-order valence-electron chi connectivity index (χ4n) is 7.84. The zero-order chi connectivity index (χ0) is 27.9. The maximum absolute atomic E-state index is 14.7. The van der Waals surface area contributed by atoms with Crippen molar-refractivity contribution in [3.05, 3.63) is 65.7 Å². The number of halogens is 2. The van der Waals surface area contributed by atoms with E-state index in [1.807, 2.05) is 12.1 Å². The van der Waals surface area contributed by atoms with E-state index in [0.29, 0.717) is 24.2 Å². The highest BCUT2D eigenvalue weighted by molar-refractivity contribution is 5.65. The highest BCUT2D eigenvalue weighted by atomic mass is 19.2. The number of allylic oxidation sites excluding steroid dienone is 2. The molecular formula is C36H48F2O2. The van der Waals surface area contributed by atoms with E-state index in [4.69, 9.17) is 9.47 Å². The van der Waals surface area contributed by atoms with Gasteiger partial charge in [0.05, 0.1) is 19.3 Å². The quantitative estimate of drug-likeness (QED) is 0.289. The standard InChI is InChI=1S/C36H48F2O2/c1-3-5-6-7-32-21-20-31(24-40-32)29-14-12-27(13-15-29)25-8-10-26(11-9-25)28-16-18-30(19-17-28)33-22-23-34(39-4-2)36(38)35(33)37/h3,5,16-19,22-23,25-27,29,31-32H,4,6-15,20-21,24H2,1-2H3/b5-3+. The second-order valence-corrected chi connectivity index (χ2v) is 12.5. The van der Waals surface area contributed by atoms with Crippen LogP contribution in [0.2, 0.25) is 0 Å². The molecular weight excluding hydrogens is 502 g/mol. The molecule has 2 unspecified atom stereocenters. The molecule has 0 aromatic heterocycles. The fraction of sp³-hybridized carbons (Fsp3) is 0.611. The third-order valence-electron chi connectivity index (χ3n) is 10.3. The summed E-state index contributed by atoms with van der Waals surface area (Å²) < 4.78 is 40.5. The van der Waals surface area contributed by atoms with Gasteiger partial charge in [-0.25, -0.2) is 4.39 Å².